The van der Waals surface area contributed by atoms with E-state index in [9.17, 15) is 13.2 Å². The molecule has 2 N–H and O–H groups in total. The van der Waals surface area contributed by atoms with Gasteiger partial charge in [-0.25, -0.2) is 4.99 Å². The molecule has 3 rings (SSSR count). The Morgan fingerprint density at radius 1 is 1.33 bits per heavy atom. The van der Waals surface area contributed by atoms with Crippen LogP contribution in [0, 0.1) is 6.92 Å². The van der Waals surface area contributed by atoms with Gasteiger partial charge >= 0.3 is 6.18 Å². The third-order valence-corrected chi connectivity index (χ3v) is 5.17. The number of rotatable bonds is 7. The largest absolute Gasteiger partial charge is 0.488 e. The van der Waals surface area contributed by atoms with Crippen LogP contribution < -0.4 is 15.4 Å². The van der Waals surface area contributed by atoms with Crippen LogP contribution >= 0.6 is 0 Å². The van der Waals surface area contributed by atoms with E-state index < -0.39 is 12.7 Å². The van der Waals surface area contributed by atoms with Crippen molar-refractivity contribution in [1.82, 2.24) is 15.5 Å². The molecule has 1 aromatic rings. The van der Waals surface area contributed by atoms with E-state index in [-0.39, 0.29) is 12.1 Å². The summed E-state index contributed by atoms with van der Waals surface area (Å²) in [5, 5.41) is 6.46. The minimum absolute atomic E-state index is 0.0546. The first kappa shape index (κ1) is 22.7. The van der Waals surface area contributed by atoms with E-state index >= 15 is 0 Å². The molecule has 2 saturated heterocycles. The fourth-order valence-corrected chi connectivity index (χ4v) is 3.71. The van der Waals surface area contributed by atoms with Crippen LogP contribution in [0.4, 0.5) is 13.2 Å². The van der Waals surface area contributed by atoms with Gasteiger partial charge in [-0.1, -0.05) is 12.1 Å². The number of guanidine groups is 1. The van der Waals surface area contributed by atoms with Crippen LogP contribution in [0.1, 0.15) is 30.9 Å². The number of aliphatic imine (C=N–C) groups is 1. The first-order valence-electron chi connectivity index (χ1n) is 10.5. The van der Waals surface area contributed by atoms with Gasteiger partial charge in [0.2, 0.25) is 0 Å². The van der Waals surface area contributed by atoms with Gasteiger partial charge in [0.05, 0.1) is 26.3 Å². The first-order valence-corrected chi connectivity index (χ1v) is 10.5. The lowest BCUT2D eigenvalue weighted by Crippen LogP contribution is -2.45. The summed E-state index contributed by atoms with van der Waals surface area (Å²) in [6, 6.07) is 5.98. The lowest BCUT2D eigenvalue weighted by Gasteiger charge is -2.20. The highest BCUT2D eigenvalue weighted by molar-refractivity contribution is 5.80. The van der Waals surface area contributed by atoms with Crippen LogP contribution in [-0.2, 0) is 11.3 Å². The highest BCUT2D eigenvalue weighted by Gasteiger charge is 2.34. The molecule has 2 unspecified atom stereocenters. The first-order chi connectivity index (χ1) is 14.3. The second kappa shape index (κ2) is 10.3. The molecule has 0 saturated carbocycles. The van der Waals surface area contributed by atoms with Gasteiger partial charge in [0.25, 0.3) is 0 Å². The Morgan fingerprint density at radius 3 is 2.87 bits per heavy atom. The lowest BCUT2D eigenvalue weighted by molar-refractivity contribution is -0.143. The molecule has 1 aromatic carbocycles. The molecule has 2 aliphatic rings. The fraction of sp³-hybridized carbons (Fsp3) is 0.667. The zero-order valence-electron chi connectivity index (χ0n) is 17.6. The molecule has 0 radical (unpaired) electrons. The van der Waals surface area contributed by atoms with E-state index in [1.54, 1.807) is 0 Å². The van der Waals surface area contributed by atoms with E-state index in [1.165, 1.54) is 4.90 Å². The maximum atomic E-state index is 12.6. The summed E-state index contributed by atoms with van der Waals surface area (Å²) in [6.45, 7) is 6.28. The Balaban J connectivity index is 1.62. The molecule has 6 nitrogen and oxygen atoms in total. The van der Waals surface area contributed by atoms with Crippen molar-refractivity contribution >= 4 is 5.96 Å². The van der Waals surface area contributed by atoms with Crippen molar-refractivity contribution in [2.24, 2.45) is 4.99 Å². The number of nitrogens with zero attached hydrogens (tertiary/aromatic N) is 2. The third-order valence-electron chi connectivity index (χ3n) is 5.17. The van der Waals surface area contributed by atoms with E-state index in [0.717, 1.165) is 23.3 Å². The molecule has 0 spiro atoms. The zero-order valence-corrected chi connectivity index (χ0v) is 17.6. The summed E-state index contributed by atoms with van der Waals surface area (Å²) in [5.74, 6) is 1.41. The molecular formula is C21H31F3N4O2. The number of halogens is 3. The van der Waals surface area contributed by atoms with E-state index in [1.807, 2.05) is 32.0 Å². The number of nitrogens with one attached hydrogen (secondary N) is 2. The Bertz CT molecular complexity index is 721. The molecule has 0 bridgehead atoms. The summed E-state index contributed by atoms with van der Waals surface area (Å²) in [6.07, 6.45) is -2.59. The van der Waals surface area contributed by atoms with Crippen LogP contribution in [-0.4, -0.2) is 68.6 Å². The quantitative estimate of drug-likeness (QED) is 0.517. The fourth-order valence-electron chi connectivity index (χ4n) is 3.71. The zero-order chi connectivity index (χ0) is 21.6. The lowest BCUT2D eigenvalue weighted by atomic mass is 10.1. The summed E-state index contributed by atoms with van der Waals surface area (Å²) < 4.78 is 49.4. The third kappa shape index (κ3) is 7.05. The second-order valence-electron chi connectivity index (χ2n) is 7.89. The monoisotopic (exact) mass is 428 g/mol. The van der Waals surface area contributed by atoms with Gasteiger partial charge < -0.3 is 20.1 Å². The minimum atomic E-state index is -4.17. The van der Waals surface area contributed by atoms with E-state index in [2.05, 4.69) is 15.6 Å². The summed E-state index contributed by atoms with van der Waals surface area (Å²) in [7, 11) is 0. The molecule has 0 aromatic heterocycles. The van der Waals surface area contributed by atoms with Gasteiger partial charge in [-0.2, -0.15) is 13.2 Å². The molecule has 9 heteroatoms. The van der Waals surface area contributed by atoms with Gasteiger partial charge in [-0.3, -0.25) is 4.90 Å². The van der Waals surface area contributed by atoms with Crippen LogP contribution in [0.15, 0.2) is 23.2 Å². The van der Waals surface area contributed by atoms with Gasteiger partial charge in [0.15, 0.2) is 5.96 Å². The number of likely N-dealkylation sites (tertiary alicyclic amines) is 1. The topological polar surface area (TPSA) is 58.1 Å². The van der Waals surface area contributed by atoms with Gasteiger partial charge in [0, 0.05) is 37.7 Å². The predicted molar refractivity (Wildman–Crippen MR) is 110 cm³/mol. The van der Waals surface area contributed by atoms with Gasteiger partial charge in [-0.05, 0) is 31.9 Å². The van der Waals surface area contributed by atoms with Gasteiger partial charge in [-0.15, -0.1) is 0 Å². The Hall–Kier alpha value is -2.00. The average molecular weight is 428 g/mol. The smallest absolute Gasteiger partial charge is 0.401 e. The normalized spacial score (nSPS) is 23.0. The molecule has 30 heavy (non-hydrogen) atoms. The minimum Gasteiger partial charge on any atom is -0.488 e. The molecule has 0 aliphatic carbocycles. The van der Waals surface area contributed by atoms with Crippen molar-refractivity contribution in [3.05, 3.63) is 29.3 Å². The van der Waals surface area contributed by atoms with Crippen LogP contribution in [0.25, 0.3) is 0 Å². The van der Waals surface area contributed by atoms with Crippen molar-refractivity contribution < 1.29 is 22.6 Å². The standard InChI is InChI=1S/C21H31F3N4O2/c1-3-25-20(27-17-6-8-28(12-17)14-21(22,23)24)26-11-16-5-4-15(2)10-19(16)30-18-7-9-29-13-18/h4-5,10,17-18H,3,6-9,11-14H2,1-2H3,(H2,25,26,27). The SMILES string of the molecule is CCNC(=NCc1ccc(C)cc1OC1CCOC1)NC1CCN(CC(F)(F)F)C1. The number of alkyl halides is 3. The number of ether oxygens (including phenoxy) is 2. The number of benzene rings is 1. The molecule has 2 atom stereocenters. The highest BCUT2D eigenvalue weighted by Crippen LogP contribution is 2.25. The summed E-state index contributed by atoms with van der Waals surface area (Å²) >= 11 is 0. The van der Waals surface area contributed by atoms with Crippen molar-refractivity contribution in [3.63, 3.8) is 0 Å². The maximum Gasteiger partial charge on any atom is 0.401 e. The van der Waals surface area contributed by atoms with Crippen LogP contribution in [0.5, 0.6) is 5.75 Å². The molecule has 168 valence electrons. The Kier molecular flexibility index (Phi) is 7.82. The average Bonchev–Trinajstić information content (AvgIpc) is 3.32. The Morgan fingerprint density at radius 2 is 2.17 bits per heavy atom. The van der Waals surface area contributed by atoms with Crippen molar-refractivity contribution in [2.45, 2.75) is 51.6 Å². The second-order valence-corrected chi connectivity index (χ2v) is 7.89. The van der Waals surface area contributed by atoms with Crippen molar-refractivity contribution in [2.75, 3.05) is 39.4 Å². The molecule has 2 heterocycles. The maximum absolute atomic E-state index is 12.6. The molecule has 0 amide bonds. The summed E-state index contributed by atoms with van der Waals surface area (Å²) in [4.78, 5) is 6.08. The molecule has 2 aliphatic heterocycles. The molecular weight excluding hydrogens is 397 g/mol. The van der Waals surface area contributed by atoms with Crippen molar-refractivity contribution in [3.8, 4) is 5.75 Å². The van der Waals surface area contributed by atoms with Crippen molar-refractivity contribution in [1.29, 1.82) is 0 Å². The predicted octanol–water partition coefficient (Wildman–Crippen LogP) is 2.85. The van der Waals surface area contributed by atoms with Crippen LogP contribution in [0.3, 0.4) is 0 Å². The van der Waals surface area contributed by atoms with Gasteiger partial charge in [0.1, 0.15) is 11.9 Å². The number of aryl methyl sites for hydroxylation is 1. The summed E-state index contributed by atoms with van der Waals surface area (Å²) in [5.41, 5.74) is 2.08. The van der Waals surface area contributed by atoms with E-state index in [4.69, 9.17) is 9.47 Å². The Labute approximate surface area is 175 Å². The van der Waals surface area contributed by atoms with E-state index in [0.29, 0.717) is 51.8 Å². The number of hydrogen-bond donors (Lipinski definition) is 2. The number of hydrogen-bond acceptors (Lipinski definition) is 4. The molecule has 2 fully saturated rings. The highest BCUT2D eigenvalue weighted by atomic mass is 19.4. The van der Waals surface area contributed by atoms with Crippen LogP contribution in [0.2, 0.25) is 0 Å².